The first-order chi connectivity index (χ1) is 18.5. The fourth-order valence-corrected chi connectivity index (χ4v) is 4.88. The Kier molecular flexibility index (Phi) is 13.3. The highest BCUT2D eigenvalue weighted by atomic mass is 35.6. The molecule has 0 saturated carbocycles. The predicted molar refractivity (Wildman–Crippen MR) is 136 cm³/mol. The van der Waals surface area contributed by atoms with E-state index in [1.807, 2.05) is 0 Å². The molecule has 1 saturated heterocycles. The van der Waals surface area contributed by atoms with Gasteiger partial charge in [-0.25, -0.2) is 19.2 Å². The SMILES string of the molecule is CCOC(=O)[C@H](C)NP(=O)(OC[C@H]1O[C@@H](n2ccc(N)nc2=O)[C@](C)(O)[C@@H]1O)OCC(Cl)(Cl)Cl.O=C(O)C(F)(F)F. The molecule has 0 aromatic carbocycles. The van der Waals surface area contributed by atoms with Crippen molar-refractivity contribution in [3.8, 4) is 0 Å². The summed E-state index contributed by atoms with van der Waals surface area (Å²) in [5.74, 6) is -3.56. The molecule has 1 aliphatic heterocycles. The van der Waals surface area contributed by atoms with Gasteiger partial charge in [-0.2, -0.15) is 18.2 Å². The van der Waals surface area contributed by atoms with Gasteiger partial charge in [0.05, 0.1) is 13.2 Å². The lowest BCUT2D eigenvalue weighted by molar-refractivity contribution is -0.192. The molecular weight excluding hydrogens is 655 g/mol. The van der Waals surface area contributed by atoms with Crippen LogP contribution in [0.3, 0.4) is 0 Å². The molecule has 1 aromatic heterocycles. The Morgan fingerprint density at radius 2 is 1.90 bits per heavy atom. The third-order valence-corrected chi connectivity index (χ3v) is 6.89. The molecular formula is C19H27Cl3F3N4O11P. The molecule has 1 aliphatic rings. The average Bonchev–Trinajstić information content (AvgIpc) is 3.04. The van der Waals surface area contributed by atoms with Crippen LogP contribution in [0.15, 0.2) is 17.1 Å². The number of carbonyl (C=O) groups is 2. The van der Waals surface area contributed by atoms with Crippen molar-refractivity contribution in [2.75, 3.05) is 25.6 Å². The van der Waals surface area contributed by atoms with Crippen molar-refractivity contribution in [1.82, 2.24) is 14.6 Å². The van der Waals surface area contributed by atoms with Gasteiger partial charge in [-0.05, 0) is 26.8 Å². The number of carbonyl (C=O) groups excluding carboxylic acids is 1. The number of aromatic nitrogens is 2. The minimum absolute atomic E-state index is 0.0480. The monoisotopic (exact) mass is 680 g/mol. The Morgan fingerprint density at radius 1 is 1.34 bits per heavy atom. The molecule has 41 heavy (non-hydrogen) atoms. The number of halogens is 6. The zero-order valence-electron chi connectivity index (χ0n) is 21.4. The van der Waals surface area contributed by atoms with Gasteiger partial charge in [0.2, 0.25) is 3.79 Å². The number of rotatable bonds is 10. The molecule has 6 atom stereocenters. The second-order valence-electron chi connectivity index (χ2n) is 8.33. The van der Waals surface area contributed by atoms with Gasteiger partial charge in [0.25, 0.3) is 0 Å². The topological polar surface area (TPSA) is 222 Å². The first-order valence-electron chi connectivity index (χ1n) is 11.1. The molecule has 15 nitrogen and oxygen atoms in total. The van der Waals surface area contributed by atoms with E-state index in [-0.39, 0.29) is 12.4 Å². The lowest BCUT2D eigenvalue weighted by Gasteiger charge is -2.27. The molecule has 0 bridgehead atoms. The van der Waals surface area contributed by atoms with E-state index in [9.17, 15) is 37.5 Å². The van der Waals surface area contributed by atoms with Crippen LogP contribution in [-0.2, 0) is 32.7 Å². The van der Waals surface area contributed by atoms with Gasteiger partial charge in [0.1, 0.15) is 36.3 Å². The quantitative estimate of drug-likeness (QED) is 0.134. The van der Waals surface area contributed by atoms with Crippen molar-refractivity contribution in [1.29, 1.82) is 0 Å². The van der Waals surface area contributed by atoms with Crippen LogP contribution in [0, 0.1) is 0 Å². The molecule has 0 amide bonds. The second kappa shape index (κ2) is 14.6. The van der Waals surface area contributed by atoms with E-state index in [0.29, 0.717) is 0 Å². The molecule has 0 radical (unpaired) electrons. The lowest BCUT2D eigenvalue weighted by Crippen LogP contribution is -2.46. The number of nitrogens with two attached hydrogens (primary N) is 1. The third kappa shape index (κ3) is 11.5. The van der Waals surface area contributed by atoms with E-state index in [2.05, 4.69) is 10.1 Å². The van der Waals surface area contributed by atoms with Crippen LogP contribution in [0.5, 0.6) is 0 Å². The van der Waals surface area contributed by atoms with E-state index in [1.165, 1.54) is 26.1 Å². The molecule has 6 N–H and O–H groups in total. The number of carboxylic acid groups (broad SMARTS) is 1. The Balaban J connectivity index is 0.00000106. The van der Waals surface area contributed by atoms with E-state index in [0.717, 1.165) is 4.57 Å². The van der Waals surface area contributed by atoms with Crippen LogP contribution >= 0.6 is 42.5 Å². The number of aliphatic hydroxyl groups is 2. The van der Waals surface area contributed by atoms with Crippen molar-refractivity contribution < 1.29 is 61.2 Å². The normalized spacial score (nSPS) is 25.0. The smallest absolute Gasteiger partial charge is 0.475 e. The molecule has 1 aromatic rings. The largest absolute Gasteiger partial charge is 0.490 e. The van der Waals surface area contributed by atoms with Crippen LogP contribution in [-0.4, -0.2) is 90.4 Å². The molecule has 236 valence electrons. The van der Waals surface area contributed by atoms with Crippen molar-refractivity contribution >= 4 is 60.3 Å². The van der Waals surface area contributed by atoms with Gasteiger partial charge in [0.15, 0.2) is 6.23 Å². The maximum absolute atomic E-state index is 13.2. The van der Waals surface area contributed by atoms with Gasteiger partial charge in [-0.3, -0.25) is 18.4 Å². The summed E-state index contributed by atoms with van der Waals surface area (Å²) in [4.78, 5) is 36.6. The van der Waals surface area contributed by atoms with Crippen LogP contribution in [0.2, 0.25) is 0 Å². The molecule has 2 heterocycles. The molecule has 1 unspecified atom stereocenters. The van der Waals surface area contributed by atoms with Gasteiger partial charge < -0.3 is 30.5 Å². The first-order valence-corrected chi connectivity index (χ1v) is 13.8. The summed E-state index contributed by atoms with van der Waals surface area (Å²) in [5, 5.41) is 30.8. The number of ether oxygens (including phenoxy) is 2. The molecule has 0 spiro atoms. The highest BCUT2D eigenvalue weighted by Gasteiger charge is 2.54. The Labute approximate surface area is 245 Å². The number of hydrogen-bond acceptors (Lipinski definition) is 12. The Hall–Kier alpha value is -1.73. The Bertz CT molecular complexity index is 1170. The van der Waals surface area contributed by atoms with Crippen molar-refractivity contribution in [2.45, 2.75) is 60.8 Å². The Morgan fingerprint density at radius 3 is 2.37 bits per heavy atom. The van der Waals surface area contributed by atoms with Crippen LogP contribution < -0.4 is 16.5 Å². The number of carboxylic acids is 1. The van der Waals surface area contributed by atoms with Crippen molar-refractivity contribution in [2.24, 2.45) is 0 Å². The standard InChI is InChI=1S/C17H26Cl3N4O9P.C2HF3O2/c1-4-30-13(26)9(2)23-34(29,32-8-17(18,19)20)31-7-10-12(25)16(3,28)14(33-10)24-6-5-11(21)22-15(24)27;3-2(4,5)1(6)7/h5-6,9-10,12,14,25,28H,4,7-8H2,1-3H3,(H,23,29)(H2,21,22,27);(H,6,7)/t9-,10+,12+,14+,16+,34?;/m0./s1. The second-order valence-corrected chi connectivity index (χ2v) is 12.6. The summed E-state index contributed by atoms with van der Waals surface area (Å²) < 4.78 is 64.8. The van der Waals surface area contributed by atoms with Gasteiger partial charge >= 0.3 is 31.6 Å². The summed E-state index contributed by atoms with van der Waals surface area (Å²) in [6, 6.07) is 0.155. The van der Waals surface area contributed by atoms with E-state index >= 15 is 0 Å². The van der Waals surface area contributed by atoms with Gasteiger partial charge in [0, 0.05) is 6.20 Å². The number of esters is 1. The highest BCUT2D eigenvalue weighted by molar-refractivity contribution is 7.51. The van der Waals surface area contributed by atoms with Crippen LogP contribution in [0.4, 0.5) is 19.0 Å². The molecule has 1 fully saturated rings. The molecule has 22 heteroatoms. The minimum atomic E-state index is -5.08. The average molecular weight is 682 g/mol. The first kappa shape index (κ1) is 37.3. The number of nitrogens with one attached hydrogen (secondary N) is 1. The maximum Gasteiger partial charge on any atom is 0.490 e. The van der Waals surface area contributed by atoms with Crippen LogP contribution in [0.25, 0.3) is 0 Å². The highest BCUT2D eigenvalue weighted by Crippen LogP contribution is 2.48. The fourth-order valence-electron chi connectivity index (χ4n) is 2.98. The molecule has 2 rings (SSSR count). The minimum Gasteiger partial charge on any atom is -0.475 e. The summed E-state index contributed by atoms with van der Waals surface area (Å²) in [5.41, 5.74) is 2.66. The molecule has 0 aliphatic carbocycles. The zero-order valence-corrected chi connectivity index (χ0v) is 24.5. The third-order valence-electron chi connectivity index (χ3n) is 4.90. The summed E-state index contributed by atoms with van der Waals surface area (Å²) in [6.45, 7) is 2.93. The van der Waals surface area contributed by atoms with Crippen LogP contribution in [0.1, 0.15) is 27.0 Å². The number of hydrogen-bond donors (Lipinski definition) is 5. The van der Waals surface area contributed by atoms with Gasteiger partial charge in [-0.15, -0.1) is 0 Å². The maximum atomic E-state index is 13.2. The number of aliphatic hydroxyl groups excluding tert-OH is 1. The zero-order chi connectivity index (χ0) is 32.0. The summed E-state index contributed by atoms with van der Waals surface area (Å²) in [6.07, 6.45) is -8.14. The van der Waals surface area contributed by atoms with Gasteiger partial charge in [-0.1, -0.05) is 34.8 Å². The number of nitrogen functional groups attached to an aromatic ring is 1. The number of nitrogens with zero attached hydrogens (tertiary/aromatic N) is 2. The lowest BCUT2D eigenvalue weighted by atomic mass is 9.96. The summed E-state index contributed by atoms with van der Waals surface area (Å²) in [7, 11) is -4.35. The van der Waals surface area contributed by atoms with Crippen molar-refractivity contribution in [3.63, 3.8) is 0 Å². The number of anilines is 1. The summed E-state index contributed by atoms with van der Waals surface area (Å²) >= 11 is 17.0. The predicted octanol–water partition coefficient (Wildman–Crippen LogP) is 1.52. The van der Waals surface area contributed by atoms with E-state index < -0.39 is 78.6 Å². The number of alkyl halides is 6. The van der Waals surface area contributed by atoms with Crippen molar-refractivity contribution in [3.05, 3.63) is 22.7 Å². The van der Waals surface area contributed by atoms with E-state index in [4.69, 9.17) is 69.0 Å². The van der Waals surface area contributed by atoms with E-state index in [1.54, 1.807) is 6.92 Å². The fraction of sp³-hybridized carbons (Fsp3) is 0.684. The number of aliphatic carboxylic acids is 1.